The SMILES string of the molecule is CCCNC1CCCCC1CN1CCOCC1CC. The largest absolute Gasteiger partial charge is 0.378 e. The Morgan fingerprint density at radius 2 is 2.05 bits per heavy atom. The lowest BCUT2D eigenvalue weighted by Crippen LogP contribution is -2.51. The minimum Gasteiger partial charge on any atom is -0.378 e. The van der Waals surface area contributed by atoms with Crippen LogP contribution in [0, 0.1) is 5.92 Å². The molecule has 0 spiro atoms. The van der Waals surface area contributed by atoms with Crippen LogP contribution in [0.2, 0.25) is 0 Å². The predicted octanol–water partition coefficient (Wildman–Crippen LogP) is 2.66. The van der Waals surface area contributed by atoms with Gasteiger partial charge in [0.1, 0.15) is 0 Å². The fourth-order valence-electron chi connectivity index (χ4n) is 3.63. The molecular weight excluding hydrogens is 236 g/mol. The van der Waals surface area contributed by atoms with E-state index in [1.165, 1.54) is 51.6 Å². The van der Waals surface area contributed by atoms with Crippen molar-refractivity contribution in [2.24, 2.45) is 5.92 Å². The van der Waals surface area contributed by atoms with Gasteiger partial charge in [0.15, 0.2) is 0 Å². The van der Waals surface area contributed by atoms with Crippen molar-refractivity contribution in [3.05, 3.63) is 0 Å². The first-order valence-electron chi connectivity index (χ1n) is 8.40. The molecule has 0 aromatic heterocycles. The molecule has 2 aliphatic rings. The average Bonchev–Trinajstić information content (AvgIpc) is 2.47. The van der Waals surface area contributed by atoms with Gasteiger partial charge < -0.3 is 10.1 Å². The van der Waals surface area contributed by atoms with Crippen LogP contribution in [0.15, 0.2) is 0 Å². The van der Waals surface area contributed by atoms with Crippen LogP contribution in [0.1, 0.15) is 52.4 Å². The van der Waals surface area contributed by atoms with Crippen molar-refractivity contribution in [3.8, 4) is 0 Å². The molecule has 1 saturated carbocycles. The first-order chi connectivity index (χ1) is 9.35. The number of rotatable bonds is 6. The highest BCUT2D eigenvalue weighted by molar-refractivity contribution is 4.85. The van der Waals surface area contributed by atoms with Gasteiger partial charge in [0.25, 0.3) is 0 Å². The summed E-state index contributed by atoms with van der Waals surface area (Å²) in [7, 11) is 0. The zero-order valence-corrected chi connectivity index (χ0v) is 12.9. The maximum atomic E-state index is 5.63. The van der Waals surface area contributed by atoms with Gasteiger partial charge in [-0.1, -0.05) is 26.7 Å². The van der Waals surface area contributed by atoms with E-state index in [-0.39, 0.29) is 0 Å². The highest BCUT2D eigenvalue weighted by Gasteiger charge is 2.29. The summed E-state index contributed by atoms with van der Waals surface area (Å²) >= 11 is 0. The van der Waals surface area contributed by atoms with Gasteiger partial charge in [-0.15, -0.1) is 0 Å². The molecule has 3 heteroatoms. The van der Waals surface area contributed by atoms with Gasteiger partial charge in [0.2, 0.25) is 0 Å². The molecule has 1 N–H and O–H groups in total. The third-order valence-corrected chi connectivity index (χ3v) is 4.86. The van der Waals surface area contributed by atoms with E-state index in [0.717, 1.165) is 31.7 Å². The van der Waals surface area contributed by atoms with Crippen molar-refractivity contribution >= 4 is 0 Å². The second-order valence-electron chi connectivity index (χ2n) is 6.24. The number of hydrogen-bond donors (Lipinski definition) is 1. The third kappa shape index (κ3) is 4.44. The van der Waals surface area contributed by atoms with E-state index in [9.17, 15) is 0 Å². The van der Waals surface area contributed by atoms with Gasteiger partial charge >= 0.3 is 0 Å². The van der Waals surface area contributed by atoms with Crippen molar-refractivity contribution in [1.29, 1.82) is 0 Å². The van der Waals surface area contributed by atoms with E-state index in [1.54, 1.807) is 0 Å². The van der Waals surface area contributed by atoms with Gasteiger partial charge in [-0.2, -0.15) is 0 Å². The summed E-state index contributed by atoms with van der Waals surface area (Å²) in [5.74, 6) is 0.854. The molecular formula is C16H32N2O. The normalized spacial score (nSPS) is 33.5. The lowest BCUT2D eigenvalue weighted by atomic mass is 9.83. The third-order valence-electron chi connectivity index (χ3n) is 4.86. The summed E-state index contributed by atoms with van der Waals surface area (Å²) in [5.41, 5.74) is 0. The highest BCUT2D eigenvalue weighted by Crippen LogP contribution is 2.26. The van der Waals surface area contributed by atoms with Crippen LogP contribution < -0.4 is 5.32 Å². The van der Waals surface area contributed by atoms with E-state index >= 15 is 0 Å². The molecule has 3 atom stereocenters. The fourth-order valence-corrected chi connectivity index (χ4v) is 3.63. The van der Waals surface area contributed by atoms with E-state index in [4.69, 9.17) is 4.74 Å². The topological polar surface area (TPSA) is 24.5 Å². The van der Waals surface area contributed by atoms with E-state index in [0.29, 0.717) is 6.04 Å². The second-order valence-corrected chi connectivity index (χ2v) is 6.24. The maximum absolute atomic E-state index is 5.63. The van der Waals surface area contributed by atoms with E-state index in [1.807, 2.05) is 0 Å². The number of hydrogen-bond acceptors (Lipinski definition) is 3. The molecule has 0 bridgehead atoms. The van der Waals surface area contributed by atoms with Crippen LogP contribution in [-0.2, 0) is 4.74 Å². The Labute approximate surface area is 119 Å². The smallest absolute Gasteiger partial charge is 0.0622 e. The Hall–Kier alpha value is -0.120. The Morgan fingerprint density at radius 1 is 1.21 bits per heavy atom. The van der Waals surface area contributed by atoms with E-state index in [2.05, 4.69) is 24.1 Å². The minimum absolute atomic E-state index is 0.655. The van der Waals surface area contributed by atoms with Crippen LogP contribution in [0.5, 0.6) is 0 Å². The zero-order chi connectivity index (χ0) is 13.5. The van der Waals surface area contributed by atoms with E-state index < -0.39 is 0 Å². The number of nitrogens with zero attached hydrogens (tertiary/aromatic N) is 1. The van der Waals surface area contributed by atoms with Crippen molar-refractivity contribution in [1.82, 2.24) is 10.2 Å². The Kier molecular flexibility index (Phi) is 6.62. The molecule has 1 saturated heterocycles. The lowest BCUT2D eigenvalue weighted by Gasteiger charge is -2.41. The Balaban J connectivity index is 1.86. The summed E-state index contributed by atoms with van der Waals surface area (Å²) in [4.78, 5) is 2.69. The number of ether oxygens (including phenoxy) is 1. The fraction of sp³-hybridized carbons (Fsp3) is 1.00. The van der Waals surface area contributed by atoms with Crippen LogP contribution in [0.4, 0.5) is 0 Å². The van der Waals surface area contributed by atoms with Gasteiger partial charge in [0, 0.05) is 25.2 Å². The first kappa shape index (κ1) is 15.3. The first-order valence-corrected chi connectivity index (χ1v) is 8.40. The van der Waals surface area contributed by atoms with Crippen molar-refractivity contribution < 1.29 is 4.74 Å². The number of nitrogens with one attached hydrogen (secondary N) is 1. The molecule has 3 nitrogen and oxygen atoms in total. The van der Waals surface area contributed by atoms with Gasteiger partial charge in [0.05, 0.1) is 13.2 Å². The molecule has 0 radical (unpaired) electrons. The molecule has 2 fully saturated rings. The van der Waals surface area contributed by atoms with Crippen LogP contribution in [-0.4, -0.2) is 49.8 Å². The maximum Gasteiger partial charge on any atom is 0.0622 e. The molecule has 1 aliphatic heterocycles. The molecule has 112 valence electrons. The molecule has 0 aromatic carbocycles. The molecule has 19 heavy (non-hydrogen) atoms. The summed E-state index contributed by atoms with van der Waals surface area (Å²) < 4.78 is 5.63. The van der Waals surface area contributed by atoms with Crippen molar-refractivity contribution in [3.63, 3.8) is 0 Å². The molecule has 1 heterocycles. The Morgan fingerprint density at radius 3 is 2.84 bits per heavy atom. The van der Waals surface area contributed by atoms with Crippen molar-refractivity contribution in [2.75, 3.05) is 32.8 Å². The lowest BCUT2D eigenvalue weighted by molar-refractivity contribution is -0.0202. The van der Waals surface area contributed by atoms with Gasteiger partial charge in [-0.25, -0.2) is 0 Å². The summed E-state index contributed by atoms with van der Waals surface area (Å²) in [6.45, 7) is 10.0. The van der Waals surface area contributed by atoms with Crippen molar-refractivity contribution in [2.45, 2.75) is 64.5 Å². The number of morpholine rings is 1. The molecule has 0 amide bonds. The van der Waals surface area contributed by atoms with Crippen LogP contribution in [0.3, 0.4) is 0 Å². The highest BCUT2D eigenvalue weighted by atomic mass is 16.5. The standard InChI is InChI=1S/C16H32N2O/c1-3-9-17-16-8-6-5-7-14(16)12-18-10-11-19-13-15(18)4-2/h14-17H,3-13H2,1-2H3. The minimum atomic E-state index is 0.655. The molecule has 2 rings (SSSR count). The average molecular weight is 268 g/mol. The monoisotopic (exact) mass is 268 g/mol. The summed E-state index contributed by atoms with van der Waals surface area (Å²) in [6, 6.07) is 1.41. The predicted molar refractivity (Wildman–Crippen MR) is 80.5 cm³/mol. The molecule has 0 aromatic rings. The second kappa shape index (κ2) is 8.23. The zero-order valence-electron chi connectivity index (χ0n) is 12.9. The quantitative estimate of drug-likeness (QED) is 0.801. The summed E-state index contributed by atoms with van der Waals surface area (Å²) in [5, 5.41) is 3.79. The van der Waals surface area contributed by atoms with Gasteiger partial charge in [-0.3, -0.25) is 4.90 Å². The Bertz CT molecular complexity index is 247. The molecule has 3 unspecified atom stereocenters. The van der Waals surface area contributed by atoms with Crippen LogP contribution >= 0.6 is 0 Å². The van der Waals surface area contributed by atoms with Gasteiger partial charge in [-0.05, 0) is 38.1 Å². The summed E-state index contributed by atoms with van der Waals surface area (Å²) in [6.07, 6.45) is 8.10. The van der Waals surface area contributed by atoms with Crippen LogP contribution in [0.25, 0.3) is 0 Å². The molecule has 1 aliphatic carbocycles.